The van der Waals surface area contributed by atoms with E-state index in [1.165, 1.54) is 0 Å². The summed E-state index contributed by atoms with van der Waals surface area (Å²) >= 11 is 0. The van der Waals surface area contributed by atoms with Gasteiger partial charge in [0.2, 0.25) is 11.8 Å². The molecule has 0 saturated heterocycles. The van der Waals surface area contributed by atoms with Crippen LogP contribution in [0.1, 0.15) is 67.3 Å². The summed E-state index contributed by atoms with van der Waals surface area (Å²) in [6.45, 7) is 8.68. The number of hydrogen-bond acceptors (Lipinski definition) is 3. The number of para-hydroxylation sites is 1. The van der Waals surface area contributed by atoms with Crippen molar-refractivity contribution in [3.05, 3.63) is 70.9 Å². The molecule has 7 heteroatoms. The van der Waals surface area contributed by atoms with Gasteiger partial charge < -0.3 is 20.5 Å². The average molecular weight is 487 g/mol. The first kappa shape index (κ1) is 24.1. The van der Waals surface area contributed by atoms with Crippen LogP contribution in [0.3, 0.4) is 0 Å². The molecule has 3 N–H and O–H groups in total. The lowest BCUT2D eigenvalue weighted by Crippen LogP contribution is -2.57. The van der Waals surface area contributed by atoms with Crippen LogP contribution >= 0.6 is 0 Å². The Morgan fingerprint density at radius 2 is 1.75 bits per heavy atom. The second kappa shape index (κ2) is 9.45. The highest BCUT2D eigenvalue weighted by atomic mass is 16.2. The highest BCUT2D eigenvalue weighted by Gasteiger charge is 2.49. The fourth-order valence-electron chi connectivity index (χ4n) is 5.54. The van der Waals surface area contributed by atoms with Crippen molar-refractivity contribution in [1.82, 2.24) is 20.5 Å². The van der Waals surface area contributed by atoms with E-state index in [1.807, 2.05) is 70.2 Å². The van der Waals surface area contributed by atoms with E-state index in [4.69, 9.17) is 0 Å². The normalized spacial score (nSPS) is 19.3. The molecule has 0 bridgehead atoms. The van der Waals surface area contributed by atoms with Gasteiger partial charge in [0.1, 0.15) is 12.1 Å². The van der Waals surface area contributed by atoms with Gasteiger partial charge in [-0.1, -0.05) is 64.1 Å². The highest BCUT2D eigenvalue weighted by Crippen LogP contribution is 2.46. The van der Waals surface area contributed by atoms with Gasteiger partial charge in [-0.3, -0.25) is 14.4 Å². The Hall–Kier alpha value is -3.61. The Morgan fingerprint density at radius 3 is 2.50 bits per heavy atom. The summed E-state index contributed by atoms with van der Waals surface area (Å²) in [6.07, 6.45) is 0.918. The van der Waals surface area contributed by atoms with E-state index in [1.54, 1.807) is 4.90 Å². The lowest BCUT2D eigenvalue weighted by atomic mass is 9.89. The second-order valence-corrected chi connectivity index (χ2v) is 10.8. The maximum atomic E-state index is 13.8. The molecule has 0 fully saturated rings. The zero-order valence-corrected chi connectivity index (χ0v) is 21.3. The monoisotopic (exact) mass is 486 g/mol. The van der Waals surface area contributed by atoms with E-state index in [0.717, 1.165) is 27.7 Å². The molecule has 2 aliphatic rings. The van der Waals surface area contributed by atoms with Crippen LogP contribution in [0.2, 0.25) is 0 Å². The number of H-pyrrole nitrogens is 1. The number of nitrogens with zero attached hydrogens (tertiary/aromatic N) is 1. The fourth-order valence-corrected chi connectivity index (χ4v) is 5.54. The molecule has 1 aromatic heterocycles. The van der Waals surface area contributed by atoms with Gasteiger partial charge in [0.25, 0.3) is 5.91 Å². The number of nitrogens with one attached hydrogen (secondary N) is 3. The number of aromatic amines is 1. The molecular weight excluding hydrogens is 452 g/mol. The topological polar surface area (TPSA) is 94.3 Å². The summed E-state index contributed by atoms with van der Waals surface area (Å²) in [5, 5.41) is 7.04. The second-order valence-electron chi connectivity index (χ2n) is 10.8. The zero-order valence-electron chi connectivity index (χ0n) is 21.3. The Balaban J connectivity index is 1.51. The lowest BCUT2D eigenvalue weighted by molar-refractivity contribution is -0.132. The quantitative estimate of drug-likeness (QED) is 0.472. The number of carbonyl (C=O) groups excluding carboxylic acids is 3. The van der Waals surface area contributed by atoms with E-state index in [9.17, 15) is 14.4 Å². The maximum absolute atomic E-state index is 13.8. The van der Waals surface area contributed by atoms with E-state index in [0.29, 0.717) is 30.9 Å². The zero-order chi connectivity index (χ0) is 25.6. The lowest BCUT2D eigenvalue weighted by Gasteiger charge is -2.38. The van der Waals surface area contributed by atoms with Gasteiger partial charge in [-0.25, -0.2) is 0 Å². The smallest absolute Gasteiger partial charge is 0.255 e. The van der Waals surface area contributed by atoms with Gasteiger partial charge in [-0.2, -0.15) is 0 Å². The average Bonchev–Trinajstić information content (AvgIpc) is 3.37. The molecule has 2 aliphatic heterocycles. The number of rotatable bonds is 7. The van der Waals surface area contributed by atoms with Crippen LogP contribution in [0, 0.1) is 11.8 Å². The third kappa shape index (κ3) is 4.16. The first-order valence-electron chi connectivity index (χ1n) is 12.8. The first-order valence-corrected chi connectivity index (χ1v) is 12.8. The summed E-state index contributed by atoms with van der Waals surface area (Å²) in [5.74, 6) is -0.0874. The largest absolute Gasteiger partial charge is 0.356 e. The molecule has 188 valence electrons. The molecule has 5 rings (SSSR count). The van der Waals surface area contributed by atoms with Crippen LogP contribution in [0.15, 0.2) is 48.5 Å². The van der Waals surface area contributed by atoms with Gasteiger partial charge in [0.05, 0.1) is 6.04 Å². The Kier molecular flexibility index (Phi) is 6.33. The van der Waals surface area contributed by atoms with Crippen LogP contribution in [-0.2, 0) is 16.0 Å². The van der Waals surface area contributed by atoms with Crippen LogP contribution < -0.4 is 10.6 Å². The molecule has 3 amide bonds. The van der Waals surface area contributed by atoms with Crippen molar-refractivity contribution in [3.63, 3.8) is 0 Å². The number of fused-ring (bicyclic) bond motifs is 7. The van der Waals surface area contributed by atoms with Crippen molar-refractivity contribution in [3.8, 4) is 0 Å². The highest BCUT2D eigenvalue weighted by molar-refractivity contribution is 6.04. The van der Waals surface area contributed by atoms with Crippen molar-refractivity contribution in [1.29, 1.82) is 0 Å². The molecule has 0 aliphatic carbocycles. The van der Waals surface area contributed by atoms with Gasteiger partial charge in [0.15, 0.2) is 0 Å². The minimum Gasteiger partial charge on any atom is -0.356 e. The number of benzene rings is 2. The molecule has 0 radical (unpaired) electrons. The van der Waals surface area contributed by atoms with Crippen LogP contribution in [-0.4, -0.2) is 46.2 Å². The maximum Gasteiger partial charge on any atom is 0.255 e. The Morgan fingerprint density at radius 1 is 1.03 bits per heavy atom. The van der Waals surface area contributed by atoms with Gasteiger partial charge in [-0.05, 0) is 41.5 Å². The molecular formula is C29H34N4O3. The number of carbonyl (C=O) groups is 3. The predicted octanol–water partition coefficient (Wildman–Crippen LogP) is 3.94. The standard InChI is InChI=1S/C29H34N4O3/c1-16(2)13-23(27(34)30-15-17(3)4)32-28(35)24-14-21-18-9-7-8-12-22(18)31-25(21)26-19-10-5-6-11-20(19)29(36)33(24)26/h5-12,16-17,23-24,26,31H,13-15H2,1-4H3,(H,30,34)(H,32,35)/t23-,24-,26?/m0/s1. The van der Waals surface area contributed by atoms with Crippen molar-refractivity contribution in [2.24, 2.45) is 11.8 Å². The molecule has 1 unspecified atom stereocenters. The van der Waals surface area contributed by atoms with Crippen LogP contribution in [0.4, 0.5) is 0 Å². The van der Waals surface area contributed by atoms with E-state index in [-0.39, 0.29) is 29.7 Å². The molecule has 3 heterocycles. The van der Waals surface area contributed by atoms with Crippen molar-refractivity contribution in [2.45, 2.75) is 58.7 Å². The van der Waals surface area contributed by atoms with Crippen LogP contribution in [0.25, 0.3) is 10.9 Å². The third-order valence-electron chi connectivity index (χ3n) is 7.18. The van der Waals surface area contributed by atoms with E-state index in [2.05, 4.69) is 21.7 Å². The van der Waals surface area contributed by atoms with Gasteiger partial charge in [0, 0.05) is 35.1 Å². The SMILES string of the molecule is CC(C)CNC(=O)[C@H](CC(C)C)NC(=O)[C@@H]1Cc2c([nH]c3ccccc23)C2c3ccccc3C(=O)N21. The predicted molar refractivity (Wildman–Crippen MR) is 139 cm³/mol. The molecule has 2 aromatic carbocycles. The molecule has 0 spiro atoms. The van der Waals surface area contributed by atoms with E-state index >= 15 is 0 Å². The Labute approximate surface area is 211 Å². The molecule has 36 heavy (non-hydrogen) atoms. The first-order chi connectivity index (χ1) is 17.3. The summed E-state index contributed by atoms with van der Waals surface area (Å²) < 4.78 is 0. The molecule has 0 saturated carbocycles. The summed E-state index contributed by atoms with van der Waals surface area (Å²) in [5.41, 5.74) is 4.54. The summed E-state index contributed by atoms with van der Waals surface area (Å²) in [6, 6.07) is 13.9. The van der Waals surface area contributed by atoms with Crippen molar-refractivity contribution >= 4 is 28.6 Å². The number of aromatic nitrogens is 1. The summed E-state index contributed by atoms with van der Waals surface area (Å²) in [7, 11) is 0. The molecule has 7 nitrogen and oxygen atoms in total. The molecule has 3 atom stereocenters. The summed E-state index contributed by atoms with van der Waals surface area (Å²) in [4.78, 5) is 45.7. The van der Waals surface area contributed by atoms with Crippen LogP contribution in [0.5, 0.6) is 0 Å². The molecule has 3 aromatic rings. The van der Waals surface area contributed by atoms with Crippen molar-refractivity contribution in [2.75, 3.05) is 6.54 Å². The minimum absolute atomic E-state index is 0.148. The number of hydrogen-bond donors (Lipinski definition) is 3. The van der Waals surface area contributed by atoms with Gasteiger partial charge in [-0.15, -0.1) is 0 Å². The number of amides is 3. The third-order valence-corrected chi connectivity index (χ3v) is 7.18. The van der Waals surface area contributed by atoms with E-state index < -0.39 is 12.1 Å². The van der Waals surface area contributed by atoms with Gasteiger partial charge >= 0.3 is 0 Å². The minimum atomic E-state index is -0.714. The fraction of sp³-hybridized carbons (Fsp3) is 0.414. The Bertz CT molecular complexity index is 1330. The van der Waals surface area contributed by atoms with Crippen molar-refractivity contribution < 1.29 is 14.4 Å².